The average Bonchev–Trinajstić information content (AvgIpc) is 2.18. The van der Waals surface area contributed by atoms with Crippen LogP contribution in [-0.4, -0.2) is 55.0 Å². The van der Waals surface area contributed by atoms with Crippen LogP contribution in [0.2, 0.25) is 0 Å². The molecule has 0 aromatic carbocycles. The van der Waals surface area contributed by atoms with Crippen LogP contribution in [0, 0.1) is 0 Å². The number of nitrogens with two attached hydrogens (primary N) is 1. The number of aliphatic hydroxyl groups is 1. The Morgan fingerprint density at radius 1 is 1.69 bits per heavy atom. The van der Waals surface area contributed by atoms with Crippen molar-refractivity contribution in [2.75, 3.05) is 32.8 Å². The summed E-state index contributed by atoms with van der Waals surface area (Å²) in [4.78, 5) is 2.22. The third kappa shape index (κ3) is 3.60. The Labute approximate surface area is 79.7 Å². The third-order valence-corrected chi connectivity index (χ3v) is 2.42. The van der Waals surface area contributed by atoms with E-state index in [0.717, 1.165) is 26.1 Å². The average molecular weight is 188 g/mol. The molecular formula is C9H20N2O2. The van der Waals surface area contributed by atoms with Crippen molar-refractivity contribution in [3.05, 3.63) is 0 Å². The molecular weight excluding hydrogens is 168 g/mol. The molecule has 3 N–H and O–H groups in total. The normalized spacial score (nSPS) is 27.5. The first kappa shape index (κ1) is 10.9. The van der Waals surface area contributed by atoms with Crippen molar-refractivity contribution in [1.29, 1.82) is 0 Å². The summed E-state index contributed by atoms with van der Waals surface area (Å²) in [6.45, 7) is 5.74. The molecule has 2 atom stereocenters. The zero-order chi connectivity index (χ0) is 9.68. The zero-order valence-electron chi connectivity index (χ0n) is 8.28. The smallest absolute Gasteiger partial charge is 0.0789 e. The van der Waals surface area contributed by atoms with E-state index >= 15 is 0 Å². The molecule has 0 saturated carbocycles. The van der Waals surface area contributed by atoms with Crippen LogP contribution in [-0.2, 0) is 4.74 Å². The first-order chi connectivity index (χ1) is 6.26. The molecule has 78 valence electrons. The van der Waals surface area contributed by atoms with Crippen molar-refractivity contribution in [1.82, 2.24) is 4.90 Å². The molecule has 13 heavy (non-hydrogen) atoms. The summed E-state index contributed by atoms with van der Waals surface area (Å²) in [5.74, 6) is 0. The van der Waals surface area contributed by atoms with Gasteiger partial charge < -0.3 is 15.6 Å². The summed E-state index contributed by atoms with van der Waals surface area (Å²) in [6, 6.07) is 0. The van der Waals surface area contributed by atoms with Crippen LogP contribution in [0.25, 0.3) is 0 Å². The molecule has 1 saturated heterocycles. The van der Waals surface area contributed by atoms with Crippen LogP contribution in [0.4, 0.5) is 0 Å². The Balaban J connectivity index is 2.25. The molecule has 0 aromatic heterocycles. The fourth-order valence-electron chi connectivity index (χ4n) is 1.57. The van der Waals surface area contributed by atoms with Gasteiger partial charge in [-0.2, -0.15) is 0 Å². The molecule has 0 aliphatic carbocycles. The van der Waals surface area contributed by atoms with Gasteiger partial charge >= 0.3 is 0 Å². The van der Waals surface area contributed by atoms with Crippen molar-refractivity contribution in [2.24, 2.45) is 5.73 Å². The van der Waals surface area contributed by atoms with Gasteiger partial charge in [-0.1, -0.05) is 6.92 Å². The predicted octanol–water partition coefficient (Wildman–Crippen LogP) is -0.583. The molecule has 1 aliphatic heterocycles. The van der Waals surface area contributed by atoms with E-state index in [1.54, 1.807) is 0 Å². The van der Waals surface area contributed by atoms with Gasteiger partial charge in [-0.05, 0) is 6.42 Å². The van der Waals surface area contributed by atoms with Gasteiger partial charge in [0.1, 0.15) is 0 Å². The Hall–Kier alpha value is -0.160. The van der Waals surface area contributed by atoms with Gasteiger partial charge in [0.05, 0.1) is 18.8 Å². The number of hydrogen-bond donors (Lipinski definition) is 2. The molecule has 1 heterocycles. The number of rotatable bonds is 4. The fourth-order valence-corrected chi connectivity index (χ4v) is 1.57. The van der Waals surface area contributed by atoms with Crippen LogP contribution in [0.15, 0.2) is 0 Å². The quantitative estimate of drug-likeness (QED) is 0.619. The Bertz CT molecular complexity index is 142. The molecule has 1 rings (SSSR count). The summed E-state index contributed by atoms with van der Waals surface area (Å²) in [5, 5.41) is 9.36. The first-order valence-electron chi connectivity index (χ1n) is 4.98. The van der Waals surface area contributed by atoms with Gasteiger partial charge in [0, 0.05) is 26.2 Å². The maximum absolute atomic E-state index is 9.36. The Kier molecular flexibility index (Phi) is 4.66. The summed E-state index contributed by atoms with van der Waals surface area (Å²) < 4.78 is 5.52. The highest BCUT2D eigenvalue weighted by molar-refractivity contribution is 4.73. The second kappa shape index (κ2) is 5.54. The minimum absolute atomic E-state index is 0.332. The molecule has 0 radical (unpaired) electrons. The predicted molar refractivity (Wildman–Crippen MR) is 51.5 cm³/mol. The molecule has 0 aromatic rings. The lowest BCUT2D eigenvalue weighted by molar-refractivity contribution is -0.0406. The minimum Gasteiger partial charge on any atom is -0.390 e. The van der Waals surface area contributed by atoms with Gasteiger partial charge in [0.15, 0.2) is 0 Å². The SMILES string of the molecule is CCC1CN(CC(O)CN)CCO1. The molecule has 0 amide bonds. The highest BCUT2D eigenvalue weighted by Crippen LogP contribution is 2.08. The van der Waals surface area contributed by atoms with Crippen molar-refractivity contribution >= 4 is 0 Å². The van der Waals surface area contributed by atoms with Gasteiger partial charge in [-0.15, -0.1) is 0 Å². The summed E-state index contributed by atoms with van der Waals surface area (Å²) in [5.41, 5.74) is 5.35. The van der Waals surface area contributed by atoms with Crippen LogP contribution in [0.5, 0.6) is 0 Å². The van der Waals surface area contributed by atoms with E-state index in [2.05, 4.69) is 11.8 Å². The maximum Gasteiger partial charge on any atom is 0.0789 e. The van der Waals surface area contributed by atoms with Crippen LogP contribution < -0.4 is 5.73 Å². The largest absolute Gasteiger partial charge is 0.390 e. The molecule has 0 bridgehead atoms. The van der Waals surface area contributed by atoms with Crippen LogP contribution >= 0.6 is 0 Å². The number of morpholine rings is 1. The van der Waals surface area contributed by atoms with E-state index in [-0.39, 0.29) is 0 Å². The molecule has 1 fully saturated rings. The van der Waals surface area contributed by atoms with Crippen molar-refractivity contribution in [2.45, 2.75) is 25.6 Å². The second-order valence-corrected chi connectivity index (χ2v) is 3.55. The van der Waals surface area contributed by atoms with Gasteiger partial charge in [-0.3, -0.25) is 4.90 Å². The van der Waals surface area contributed by atoms with E-state index in [4.69, 9.17) is 10.5 Å². The lowest BCUT2D eigenvalue weighted by Gasteiger charge is -2.33. The maximum atomic E-state index is 9.36. The van der Waals surface area contributed by atoms with E-state index < -0.39 is 6.10 Å². The molecule has 1 aliphatic rings. The monoisotopic (exact) mass is 188 g/mol. The Morgan fingerprint density at radius 2 is 2.46 bits per heavy atom. The number of hydrogen-bond acceptors (Lipinski definition) is 4. The third-order valence-electron chi connectivity index (χ3n) is 2.42. The Morgan fingerprint density at radius 3 is 3.08 bits per heavy atom. The summed E-state index contributed by atoms with van der Waals surface area (Å²) in [6.07, 6.45) is 0.976. The van der Waals surface area contributed by atoms with Gasteiger partial charge in [0.25, 0.3) is 0 Å². The lowest BCUT2D eigenvalue weighted by atomic mass is 10.2. The van der Waals surface area contributed by atoms with E-state index in [1.165, 1.54) is 0 Å². The summed E-state index contributed by atoms with van der Waals surface area (Å²) in [7, 11) is 0. The van der Waals surface area contributed by atoms with E-state index in [9.17, 15) is 5.11 Å². The second-order valence-electron chi connectivity index (χ2n) is 3.55. The number of aliphatic hydroxyl groups excluding tert-OH is 1. The van der Waals surface area contributed by atoms with Gasteiger partial charge in [0.2, 0.25) is 0 Å². The van der Waals surface area contributed by atoms with Crippen molar-refractivity contribution in [3.8, 4) is 0 Å². The lowest BCUT2D eigenvalue weighted by Crippen LogP contribution is -2.46. The minimum atomic E-state index is -0.393. The summed E-state index contributed by atoms with van der Waals surface area (Å²) >= 11 is 0. The van der Waals surface area contributed by atoms with Crippen molar-refractivity contribution in [3.63, 3.8) is 0 Å². The zero-order valence-corrected chi connectivity index (χ0v) is 8.28. The molecule has 4 heteroatoms. The van der Waals surface area contributed by atoms with Crippen LogP contribution in [0.1, 0.15) is 13.3 Å². The number of ether oxygens (including phenoxy) is 1. The number of nitrogens with zero attached hydrogens (tertiary/aromatic N) is 1. The van der Waals surface area contributed by atoms with E-state index in [1.807, 2.05) is 0 Å². The number of β-amino-alcohol motifs (C(OH)–C–C–N with tert-alkyl or cyclic N) is 1. The van der Waals surface area contributed by atoms with Gasteiger partial charge in [-0.25, -0.2) is 0 Å². The fraction of sp³-hybridized carbons (Fsp3) is 1.00. The van der Waals surface area contributed by atoms with Crippen LogP contribution in [0.3, 0.4) is 0 Å². The standard InChI is InChI=1S/C9H20N2O2/c1-2-9-7-11(3-4-13-9)6-8(12)5-10/h8-9,12H,2-7,10H2,1H3. The molecule has 2 unspecified atom stereocenters. The molecule has 0 spiro atoms. The van der Waals surface area contributed by atoms with Crippen molar-refractivity contribution < 1.29 is 9.84 Å². The van der Waals surface area contributed by atoms with E-state index in [0.29, 0.717) is 19.2 Å². The topological polar surface area (TPSA) is 58.7 Å². The first-order valence-corrected chi connectivity index (χ1v) is 4.98. The molecule has 4 nitrogen and oxygen atoms in total. The highest BCUT2D eigenvalue weighted by atomic mass is 16.5. The highest BCUT2D eigenvalue weighted by Gasteiger charge is 2.20.